The Balaban J connectivity index is 0.000000302. The number of hydrogen-bond acceptors (Lipinski definition) is 3. The molecule has 1 aliphatic rings. The van der Waals surface area contributed by atoms with Crippen LogP contribution in [0.4, 0.5) is 0 Å². The van der Waals surface area contributed by atoms with Crippen LogP contribution in [0.2, 0.25) is 0 Å². The Hall–Kier alpha value is -0.940. The van der Waals surface area contributed by atoms with Crippen molar-refractivity contribution in [1.29, 1.82) is 0 Å². The van der Waals surface area contributed by atoms with E-state index in [0.717, 1.165) is 5.92 Å². The summed E-state index contributed by atoms with van der Waals surface area (Å²) >= 11 is 0. The van der Waals surface area contributed by atoms with Gasteiger partial charge in [0, 0.05) is 6.42 Å². The minimum atomic E-state index is -1.02. The Labute approximate surface area is 102 Å². The van der Waals surface area contributed by atoms with Crippen LogP contribution in [0.1, 0.15) is 32.6 Å². The van der Waals surface area contributed by atoms with Gasteiger partial charge in [-0.3, -0.25) is 9.59 Å². The quantitative estimate of drug-likeness (QED) is 0.615. The molecule has 0 aromatic rings. The highest BCUT2D eigenvalue weighted by Gasteiger charge is 2.13. The van der Waals surface area contributed by atoms with Crippen LogP contribution in [-0.2, 0) is 9.59 Å². The van der Waals surface area contributed by atoms with Crippen molar-refractivity contribution in [1.82, 2.24) is 0 Å². The van der Waals surface area contributed by atoms with Crippen LogP contribution >= 0.6 is 0 Å². The molecule has 0 atom stereocenters. The van der Waals surface area contributed by atoms with Gasteiger partial charge in [-0.15, -0.1) is 0 Å². The van der Waals surface area contributed by atoms with Crippen LogP contribution in [-0.4, -0.2) is 48.7 Å². The van der Waals surface area contributed by atoms with Gasteiger partial charge in [0.2, 0.25) is 0 Å². The highest BCUT2D eigenvalue weighted by atomic mass is 16.4. The molecule has 0 amide bonds. The van der Waals surface area contributed by atoms with Crippen LogP contribution in [0.15, 0.2) is 0 Å². The molecule has 1 aliphatic heterocycles. The molecule has 0 radical (unpaired) electrons. The number of rotatable bonds is 4. The molecule has 1 saturated heterocycles. The fraction of sp³-hybridized carbons (Fsp3) is 0.833. The molecule has 3 N–H and O–H groups in total. The van der Waals surface area contributed by atoms with E-state index in [1.54, 1.807) is 4.90 Å². The summed E-state index contributed by atoms with van der Waals surface area (Å²) in [4.78, 5) is 21.7. The van der Waals surface area contributed by atoms with Crippen molar-refractivity contribution >= 4 is 11.8 Å². The first-order valence-electron chi connectivity index (χ1n) is 6.11. The maximum absolute atomic E-state index is 10.2. The normalized spacial score (nSPS) is 23.5. The number of carbonyl (C=O) groups is 2. The van der Waals surface area contributed by atoms with Gasteiger partial charge in [0.15, 0.2) is 5.78 Å². The Morgan fingerprint density at radius 1 is 1.24 bits per heavy atom. The van der Waals surface area contributed by atoms with Crippen molar-refractivity contribution in [2.45, 2.75) is 32.6 Å². The van der Waals surface area contributed by atoms with Crippen LogP contribution in [0.5, 0.6) is 0 Å². The molecule has 100 valence electrons. The number of likely N-dealkylation sites (tertiary alicyclic amines) is 1. The third-order valence-corrected chi connectivity index (χ3v) is 2.92. The number of carboxylic acid groups (broad SMARTS) is 1. The molecule has 5 heteroatoms. The topological polar surface area (TPSA) is 79.0 Å². The highest BCUT2D eigenvalue weighted by molar-refractivity contribution is 5.83. The first-order chi connectivity index (χ1) is 7.95. The number of carbonyl (C=O) groups excluding carboxylic acids is 1. The molecule has 5 nitrogen and oxygen atoms in total. The number of carboxylic acids is 1. The van der Waals surface area contributed by atoms with Crippen molar-refractivity contribution in [3.8, 4) is 0 Å². The van der Waals surface area contributed by atoms with E-state index in [4.69, 9.17) is 10.2 Å². The highest BCUT2D eigenvalue weighted by Crippen LogP contribution is 2.05. The van der Waals surface area contributed by atoms with Gasteiger partial charge in [-0.1, -0.05) is 6.92 Å². The van der Waals surface area contributed by atoms with Crippen LogP contribution in [0, 0.1) is 5.92 Å². The molecule has 0 aliphatic carbocycles. The number of hydrogen-bond donors (Lipinski definition) is 3. The van der Waals surface area contributed by atoms with Gasteiger partial charge in [-0.25, -0.2) is 0 Å². The van der Waals surface area contributed by atoms with Gasteiger partial charge >= 0.3 is 5.97 Å². The Kier molecular flexibility index (Phi) is 8.62. The van der Waals surface area contributed by atoms with E-state index in [0.29, 0.717) is 0 Å². The lowest BCUT2D eigenvalue weighted by Crippen LogP contribution is -3.10. The lowest BCUT2D eigenvalue weighted by atomic mass is 10.00. The predicted octanol–water partition coefficient (Wildman–Crippen LogP) is -0.656. The summed E-state index contributed by atoms with van der Waals surface area (Å²) in [5, 5.41) is 16.1. The summed E-state index contributed by atoms with van der Waals surface area (Å²) in [6, 6.07) is 0. The predicted molar refractivity (Wildman–Crippen MR) is 64.0 cm³/mol. The molecule has 0 saturated carbocycles. The molecular formula is C12H24NO4+. The summed E-state index contributed by atoms with van der Waals surface area (Å²) in [5.74, 6) is -0.451. The third kappa shape index (κ3) is 9.96. The second-order valence-corrected chi connectivity index (χ2v) is 4.73. The fourth-order valence-electron chi connectivity index (χ4n) is 1.58. The number of aliphatic hydroxyl groups is 1. The summed E-state index contributed by atoms with van der Waals surface area (Å²) in [5.41, 5.74) is 0. The van der Waals surface area contributed by atoms with Gasteiger partial charge in [0.25, 0.3) is 0 Å². The number of aliphatic carboxylic acids is 1. The number of aliphatic hydroxyl groups excluding tert-OH is 1. The summed E-state index contributed by atoms with van der Waals surface area (Å²) in [7, 11) is 2.28. The zero-order valence-corrected chi connectivity index (χ0v) is 10.7. The molecule has 0 aromatic carbocycles. The first kappa shape index (κ1) is 16.1. The second-order valence-electron chi connectivity index (χ2n) is 4.73. The zero-order valence-electron chi connectivity index (χ0n) is 10.7. The van der Waals surface area contributed by atoms with Crippen molar-refractivity contribution in [2.75, 3.05) is 26.7 Å². The average molecular weight is 246 g/mol. The molecule has 17 heavy (non-hydrogen) atoms. The fourth-order valence-corrected chi connectivity index (χ4v) is 1.58. The van der Waals surface area contributed by atoms with Crippen LogP contribution in [0.25, 0.3) is 0 Å². The Bertz CT molecular complexity index is 225. The number of quaternary nitrogens is 1. The minimum Gasteiger partial charge on any atom is -0.481 e. The number of nitrogens with one attached hydrogen (secondary N) is 1. The lowest BCUT2D eigenvalue weighted by Gasteiger charge is -2.23. The van der Waals surface area contributed by atoms with Crippen molar-refractivity contribution in [3.05, 3.63) is 0 Å². The van der Waals surface area contributed by atoms with Crippen molar-refractivity contribution < 1.29 is 24.7 Å². The molecule has 0 aromatic heterocycles. The van der Waals surface area contributed by atoms with Gasteiger partial charge in [-0.05, 0) is 18.8 Å². The van der Waals surface area contributed by atoms with Crippen LogP contribution in [0.3, 0.4) is 0 Å². The number of ketones is 1. The second kappa shape index (κ2) is 9.13. The van der Waals surface area contributed by atoms with Gasteiger partial charge in [-0.2, -0.15) is 0 Å². The molecule has 1 fully saturated rings. The SMILES string of the molecule is CC1CC[NH+](C)CC1.O=C(O)CCC(=O)CO. The Morgan fingerprint density at radius 3 is 2.12 bits per heavy atom. The molecule has 0 bridgehead atoms. The summed E-state index contributed by atoms with van der Waals surface area (Å²) in [6.45, 7) is 4.57. The molecule has 1 heterocycles. The van der Waals surface area contributed by atoms with Gasteiger partial charge < -0.3 is 15.1 Å². The van der Waals surface area contributed by atoms with Crippen LogP contribution < -0.4 is 4.90 Å². The maximum Gasteiger partial charge on any atom is 0.303 e. The smallest absolute Gasteiger partial charge is 0.303 e. The zero-order chi connectivity index (χ0) is 13.3. The summed E-state index contributed by atoms with van der Waals surface area (Å²) in [6.07, 6.45) is 2.60. The monoisotopic (exact) mass is 246 g/mol. The van der Waals surface area contributed by atoms with Gasteiger partial charge in [0.05, 0.1) is 26.6 Å². The van der Waals surface area contributed by atoms with E-state index in [1.807, 2.05) is 0 Å². The van der Waals surface area contributed by atoms with Gasteiger partial charge in [0.1, 0.15) is 6.61 Å². The number of Topliss-reactive ketones (excluding diaryl/α,β-unsaturated/α-hetero) is 1. The lowest BCUT2D eigenvalue weighted by molar-refractivity contribution is -0.885. The molecule has 0 spiro atoms. The maximum atomic E-state index is 10.2. The van der Waals surface area contributed by atoms with Crippen molar-refractivity contribution in [3.63, 3.8) is 0 Å². The molecular weight excluding hydrogens is 222 g/mol. The minimum absolute atomic E-state index is 0.0775. The van der Waals surface area contributed by atoms with E-state index < -0.39 is 18.4 Å². The largest absolute Gasteiger partial charge is 0.481 e. The third-order valence-electron chi connectivity index (χ3n) is 2.92. The van der Waals surface area contributed by atoms with Crippen molar-refractivity contribution in [2.24, 2.45) is 5.92 Å². The molecule has 1 rings (SSSR count). The summed E-state index contributed by atoms with van der Waals surface area (Å²) < 4.78 is 0. The standard InChI is InChI=1S/C7H15N.C5H8O4/c1-7-3-5-8(2)6-4-7;6-3-4(7)1-2-5(8)9/h7H,3-6H2,1-2H3;6H,1-3H2,(H,8,9)/p+1. The molecule has 0 unspecified atom stereocenters. The first-order valence-corrected chi connectivity index (χ1v) is 6.11. The number of piperidine rings is 1. The Morgan fingerprint density at radius 2 is 1.76 bits per heavy atom. The van der Waals surface area contributed by atoms with E-state index in [1.165, 1.54) is 25.9 Å². The van der Waals surface area contributed by atoms with E-state index in [9.17, 15) is 9.59 Å². The average Bonchev–Trinajstić information content (AvgIpc) is 2.30. The van der Waals surface area contributed by atoms with E-state index >= 15 is 0 Å². The van der Waals surface area contributed by atoms with E-state index in [-0.39, 0.29) is 12.8 Å². The van der Waals surface area contributed by atoms with E-state index in [2.05, 4.69) is 14.0 Å².